The molecular formula is C14H16N4OS. The second-order valence-corrected chi connectivity index (χ2v) is 5.63. The van der Waals surface area contributed by atoms with Crippen LogP contribution >= 0.6 is 11.3 Å². The summed E-state index contributed by atoms with van der Waals surface area (Å²) in [5.74, 6) is 1.53. The van der Waals surface area contributed by atoms with Gasteiger partial charge in [0.15, 0.2) is 0 Å². The SMILES string of the molecule is O=C(NCc1nccc(N2CCCC2)n1)c1cccs1. The van der Waals surface area contributed by atoms with Crippen LogP contribution in [0, 0.1) is 0 Å². The molecule has 1 aliphatic heterocycles. The molecule has 5 nitrogen and oxygen atoms in total. The molecule has 0 aliphatic carbocycles. The van der Waals surface area contributed by atoms with Gasteiger partial charge in [-0.3, -0.25) is 4.79 Å². The van der Waals surface area contributed by atoms with Crippen LogP contribution in [0.1, 0.15) is 28.3 Å². The lowest BCUT2D eigenvalue weighted by molar-refractivity contribution is 0.0954. The van der Waals surface area contributed by atoms with Gasteiger partial charge in [0.05, 0.1) is 11.4 Å². The Hall–Kier alpha value is -1.95. The molecule has 0 aromatic carbocycles. The van der Waals surface area contributed by atoms with Gasteiger partial charge in [-0.15, -0.1) is 11.3 Å². The zero-order chi connectivity index (χ0) is 13.8. The Bertz CT molecular complexity index is 579. The lowest BCUT2D eigenvalue weighted by Gasteiger charge is -2.16. The van der Waals surface area contributed by atoms with Gasteiger partial charge in [0.1, 0.15) is 11.6 Å². The maximum Gasteiger partial charge on any atom is 0.261 e. The molecular weight excluding hydrogens is 272 g/mol. The van der Waals surface area contributed by atoms with Crippen molar-refractivity contribution in [2.45, 2.75) is 19.4 Å². The minimum absolute atomic E-state index is 0.0739. The Morgan fingerprint density at radius 2 is 2.20 bits per heavy atom. The van der Waals surface area contributed by atoms with Gasteiger partial charge in [-0.05, 0) is 30.4 Å². The Kier molecular flexibility index (Phi) is 3.92. The van der Waals surface area contributed by atoms with Crippen LogP contribution in [0.4, 0.5) is 5.82 Å². The summed E-state index contributed by atoms with van der Waals surface area (Å²) in [5.41, 5.74) is 0. The summed E-state index contributed by atoms with van der Waals surface area (Å²) in [5, 5.41) is 4.74. The molecule has 1 fully saturated rings. The molecule has 104 valence electrons. The zero-order valence-electron chi connectivity index (χ0n) is 11.1. The first kappa shape index (κ1) is 13.1. The molecule has 0 atom stereocenters. The van der Waals surface area contributed by atoms with Crippen LogP contribution in [-0.4, -0.2) is 29.0 Å². The maximum atomic E-state index is 11.9. The highest BCUT2D eigenvalue weighted by molar-refractivity contribution is 7.12. The standard InChI is InChI=1S/C14H16N4OS/c19-14(11-4-3-9-20-11)16-10-12-15-6-5-13(17-12)18-7-1-2-8-18/h3-6,9H,1-2,7-8,10H2,(H,16,19). The molecule has 1 N–H and O–H groups in total. The fraction of sp³-hybridized carbons (Fsp3) is 0.357. The average molecular weight is 288 g/mol. The van der Waals surface area contributed by atoms with Gasteiger partial charge < -0.3 is 10.2 Å². The molecule has 1 aliphatic rings. The monoisotopic (exact) mass is 288 g/mol. The van der Waals surface area contributed by atoms with E-state index in [1.54, 1.807) is 6.20 Å². The van der Waals surface area contributed by atoms with Crippen molar-refractivity contribution >= 4 is 23.1 Å². The number of anilines is 1. The third-order valence-electron chi connectivity index (χ3n) is 3.27. The molecule has 1 amide bonds. The fourth-order valence-electron chi connectivity index (χ4n) is 2.25. The van der Waals surface area contributed by atoms with Crippen molar-refractivity contribution in [2.24, 2.45) is 0 Å². The first-order chi connectivity index (χ1) is 9.83. The molecule has 2 aromatic rings. The molecule has 0 spiro atoms. The van der Waals surface area contributed by atoms with Gasteiger partial charge in [-0.25, -0.2) is 9.97 Å². The zero-order valence-corrected chi connectivity index (χ0v) is 11.9. The van der Waals surface area contributed by atoms with Crippen molar-refractivity contribution in [2.75, 3.05) is 18.0 Å². The maximum absolute atomic E-state index is 11.9. The Balaban J connectivity index is 1.62. The molecule has 0 saturated carbocycles. The Labute approximate surface area is 121 Å². The van der Waals surface area contributed by atoms with Crippen molar-refractivity contribution in [1.29, 1.82) is 0 Å². The molecule has 2 aromatic heterocycles. The lowest BCUT2D eigenvalue weighted by Crippen LogP contribution is -2.24. The minimum Gasteiger partial charge on any atom is -0.357 e. The van der Waals surface area contributed by atoms with Crippen LogP contribution in [-0.2, 0) is 6.54 Å². The average Bonchev–Trinajstić information content (AvgIpc) is 3.17. The van der Waals surface area contributed by atoms with E-state index >= 15 is 0 Å². The number of nitrogens with one attached hydrogen (secondary N) is 1. The number of thiophene rings is 1. The van der Waals surface area contributed by atoms with Crippen LogP contribution in [0.2, 0.25) is 0 Å². The number of amides is 1. The minimum atomic E-state index is -0.0739. The summed E-state index contributed by atoms with van der Waals surface area (Å²) >= 11 is 1.43. The highest BCUT2D eigenvalue weighted by Gasteiger charge is 2.14. The van der Waals surface area contributed by atoms with E-state index in [-0.39, 0.29) is 5.91 Å². The van der Waals surface area contributed by atoms with E-state index in [4.69, 9.17) is 0 Å². The van der Waals surface area contributed by atoms with Gasteiger partial charge in [0.2, 0.25) is 0 Å². The molecule has 3 rings (SSSR count). The van der Waals surface area contributed by atoms with E-state index < -0.39 is 0 Å². The largest absolute Gasteiger partial charge is 0.357 e. The number of rotatable bonds is 4. The van der Waals surface area contributed by atoms with Crippen molar-refractivity contribution in [3.8, 4) is 0 Å². The highest BCUT2D eigenvalue weighted by Crippen LogP contribution is 2.16. The third kappa shape index (κ3) is 2.96. The topological polar surface area (TPSA) is 58.1 Å². The number of carbonyl (C=O) groups is 1. The van der Waals surface area contributed by atoms with Crippen molar-refractivity contribution in [1.82, 2.24) is 15.3 Å². The number of aromatic nitrogens is 2. The number of nitrogens with zero attached hydrogens (tertiary/aromatic N) is 3. The third-order valence-corrected chi connectivity index (χ3v) is 4.14. The molecule has 0 bridgehead atoms. The molecule has 20 heavy (non-hydrogen) atoms. The summed E-state index contributed by atoms with van der Waals surface area (Å²) in [6.07, 6.45) is 4.19. The predicted octanol–water partition coefficient (Wildman–Crippen LogP) is 2.07. The molecule has 0 radical (unpaired) electrons. The van der Waals surface area contributed by atoms with Crippen LogP contribution in [0.15, 0.2) is 29.8 Å². The van der Waals surface area contributed by atoms with Gasteiger partial charge in [-0.1, -0.05) is 6.07 Å². The number of hydrogen-bond acceptors (Lipinski definition) is 5. The van der Waals surface area contributed by atoms with Crippen LogP contribution in [0.5, 0.6) is 0 Å². The molecule has 1 saturated heterocycles. The van der Waals surface area contributed by atoms with Crippen molar-refractivity contribution in [3.63, 3.8) is 0 Å². The highest BCUT2D eigenvalue weighted by atomic mass is 32.1. The second kappa shape index (κ2) is 6.00. The summed E-state index contributed by atoms with van der Waals surface area (Å²) < 4.78 is 0. The first-order valence-corrected chi connectivity index (χ1v) is 7.59. The molecule has 0 unspecified atom stereocenters. The van der Waals surface area contributed by atoms with Gasteiger partial charge in [0.25, 0.3) is 5.91 Å². The van der Waals surface area contributed by atoms with Crippen LogP contribution in [0.25, 0.3) is 0 Å². The fourth-order valence-corrected chi connectivity index (χ4v) is 2.89. The number of hydrogen-bond donors (Lipinski definition) is 1. The summed E-state index contributed by atoms with van der Waals surface area (Å²) in [6.45, 7) is 2.47. The summed E-state index contributed by atoms with van der Waals surface area (Å²) in [7, 11) is 0. The smallest absolute Gasteiger partial charge is 0.261 e. The van der Waals surface area contributed by atoms with Gasteiger partial charge in [-0.2, -0.15) is 0 Å². The van der Waals surface area contributed by atoms with E-state index in [0.29, 0.717) is 17.2 Å². The molecule has 3 heterocycles. The van der Waals surface area contributed by atoms with E-state index in [0.717, 1.165) is 18.9 Å². The van der Waals surface area contributed by atoms with Gasteiger partial charge in [0, 0.05) is 19.3 Å². The van der Waals surface area contributed by atoms with Crippen molar-refractivity contribution < 1.29 is 4.79 Å². The van der Waals surface area contributed by atoms with E-state index in [1.807, 2.05) is 23.6 Å². The van der Waals surface area contributed by atoms with E-state index in [9.17, 15) is 4.79 Å². The summed E-state index contributed by atoms with van der Waals surface area (Å²) in [4.78, 5) is 23.5. The Morgan fingerprint density at radius 1 is 1.35 bits per heavy atom. The molecule has 6 heteroatoms. The van der Waals surface area contributed by atoms with E-state index in [2.05, 4.69) is 20.2 Å². The number of carbonyl (C=O) groups excluding carboxylic acids is 1. The Morgan fingerprint density at radius 3 is 2.95 bits per heavy atom. The predicted molar refractivity (Wildman–Crippen MR) is 79.0 cm³/mol. The normalized spacial score (nSPS) is 14.5. The first-order valence-electron chi connectivity index (χ1n) is 6.71. The van der Waals surface area contributed by atoms with Crippen molar-refractivity contribution in [3.05, 3.63) is 40.5 Å². The summed E-state index contributed by atoms with van der Waals surface area (Å²) in [6, 6.07) is 5.60. The van der Waals surface area contributed by atoms with Crippen LogP contribution < -0.4 is 10.2 Å². The quantitative estimate of drug-likeness (QED) is 0.935. The van der Waals surface area contributed by atoms with Crippen LogP contribution in [0.3, 0.4) is 0 Å². The van der Waals surface area contributed by atoms with Gasteiger partial charge >= 0.3 is 0 Å². The lowest BCUT2D eigenvalue weighted by atomic mass is 10.4. The van der Waals surface area contributed by atoms with E-state index in [1.165, 1.54) is 24.2 Å². The second-order valence-electron chi connectivity index (χ2n) is 4.69.